The molecule has 0 aliphatic carbocycles. The Labute approximate surface area is 130 Å². The molecule has 1 aliphatic heterocycles. The first-order valence-electron chi connectivity index (χ1n) is 7.69. The molecule has 6 nitrogen and oxygen atoms in total. The number of benzene rings is 1. The van der Waals surface area contributed by atoms with Gasteiger partial charge in [0.05, 0.1) is 13.2 Å². The molecular formula is C16H23N3O3. The maximum atomic E-state index is 12.3. The van der Waals surface area contributed by atoms with E-state index in [2.05, 4.69) is 22.7 Å². The fourth-order valence-corrected chi connectivity index (χ4v) is 2.37. The van der Waals surface area contributed by atoms with Gasteiger partial charge in [-0.15, -0.1) is 0 Å². The first kappa shape index (κ1) is 16.5. The molecule has 1 fully saturated rings. The third kappa shape index (κ3) is 4.54. The number of nitrogens with zero attached hydrogens (tertiary/aromatic N) is 1. The van der Waals surface area contributed by atoms with Crippen molar-refractivity contribution >= 4 is 11.8 Å². The second kappa shape index (κ2) is 8.51. The fourth-order valence-electron chi connectivity index (χ4n) is 2.37. The van der Waals surface area contributed by atoms with Gasteiger partial charge in [0, 0.05) is 12.1 Å². The van der Waals surface area contributed by atoms with Gasteiger partial charge in [-0.25, -0.2) is 0 Å². The predicted octanol–water partition coefficient (Wildman–Crippen LogP) is 0.949. The lowest BCUT2D eigenvalue weighted by atomic mass is 10.2. The number of amides is 2. The van der Waals surface area contributed by atoms with Gasteiger partial charge in [0.2, 0.25) is 0 Å². The van der Waals surface area contributed by atoms with E-state index in [0.29, 0.717) is 18.8 Å². The molecule has 120 valence electrons. The molecule has 1 aromatic rings. The molecule has 2 amide bonds. The lowest BCUT2D eigenvalue weighted by Gasteiger charge is -2.34. The summed E-state index contributed by atoms with van der Waals surface area (Å²) in [5.41, 5.74) is 5.45. The molecule has 1 saturated heterocycles. The van der Waals surface area contributed by atoms with Crippen molar-refractivity contribution in [2.24, 2.45) is 0 Å². The Bertz CT molecular complexity index is 493. The van der Waals surface area contributed by atoms with Gasteiger partial charge in [0.15, 0.2) is 0 Å². The monoisotopic (exact) mass is 305 g/mol. The minimum atomic E-state index is -0.351. The molecule has 0 saturated carbocycles. The van der Waals surface area contributed by atoms with Gasteiger partial charge in [-0.2, -0.15) is 0 Å². The molecule has 6 heteroatoms. The predicted molar refractivity (Wildman–Crippen MR) is 83.1 cm³/mol. The highest BCUT2D eigenvalue weighted by atomic mass is 16.5. The average Bonchev–Trinajstić information content (AvgIpc) is 2.58. The number of carbonyl (C=O) groups excluding carboxylic acids is 2. The third-order valence-corrected chi connectivity index (χ3v) is 3.68. The highest BCUT2D eigenvalue weighted by Gasteiger charge is 2.29. The van der Waals surface area contributed by atoms with E-state index in [-0.39, 0.29) is 17.9 Å². The van der Waals surface area contributed by atoms with Crippen molar-refractivity contribution in [2.75, 3.05) is 26.3 Å². The van der Waals surface area contributed by atoms with E-state index in [4.69, 9.17) is 4.74 Å². The third-order valence-electron chi connectivity index (χ3n) is 3.68. The normalized spacial score (nSPS) is 18.7. The fraction of sp³-hybridized carbons (Fsp3) is 0.500. The summed E-state index contributed by atoms with van der Waals surface area (Å²) in [6.07, 6.45) is 2.12. The second-order valence-electron chi connectivity index (χ2n) is 5.29. The van der Waals surface area contributed by atoms with E-state index in [1.165, 1.54) is 0 Å². The molecule has 0 radical (unpaired) electrons. The summed E-state index contributed by atoms with van der Waals surface area (Å²) in [5, 5.41) is 0. The smallest absolute Gasteiger partial charge is 0.269 e. The minimum absolute atomic E-state index is 0.236. The number of carbonyl (C=O) groups is 2. The van der Waals surface area contributed by atoms with Gasteiger partial charge in [0.1, 0.15) is 6.04 Å². The van der Waals surface area contributed by atoms with Crippen LogP contribution in [0.25, 0.3) is 0 Å². The van der Waals surface area contributed by atoms with Crippen LogP contribution in [0.15, 0.2) is 30.3 Å². The Kier molecular flexibility index (Phi) is 6.36. The molecule has 1 atom stereocenters. The van der Waals surface area contributed by atoms with E-state index in [9.17, 15) is 9.59 Å². The molecule has 0 aromatic heterocycles. The number of unbranched alkanes of at least 4 members (excludes halogenated alkanes) is 1. The van der Waals surface area contributed by atoms with Gasteiger partial charge in [-0.1, -0.05) is 31.5 Å². The highest BCUT2D eigenvalue weighted by molar-refractivity contribution is 5.95. The van der Waals surface area contributed by atoms with Crippen LogP contribution in [0.3, 0.4) is 0 Å². The molecule has 0 spiro atoms. The van der Waals surface area contributed by atoms with Crippen LogP contribution in [0.4, 0.5) is 0 Å². The summed E-state index contributed by atoms with van der Waals surface area (Å²) in [6.45, 7) is 4.73. The van der Waals surface area contributed by atoms with Crippen molar-refractivity contribution in [2.45, 2.75) is 25.8 Å². The van der Waals surface area contributed by atoms with Crippen molar-refractivity contribution < 1.29 is 14.3 Å². The largest absolute Gasteiger partial charge is 0.378 e. The lowest BCUT2D eigenvalue weighted by Crippen LogP contribution is -2.57. The van der Waals surface area contributed by atoms with Gasteiger partial charge in [-0.05, 0) is 25.1 Å². The topological polar surface area (TPSA) is 70.7 Å². The Balaban J connectivity index is 1.86. The summed E-state index contributed by atoms with van der Waals surface area (Å²) in [6, 6.07) is 8.42. The van der Waals surface area contributed by atoms with Crippen LogP contribution < -0.4 is 10.9 Å². The van der Waals surface area contributed by atoms with Crippen LogP contribution in [0.1, 0.15) is 30.1 Å². The van der Waals surface area contributed by atoms with E-state index in [1.807, 2.05) is 6.07 Å². The van der Waals surface area contributed by atoms with Gasteiger partial charge >= 0.3 is 0 Å². The van der Waals surface area contributed by atoms with E-state index >= 15 is 0 Å². The quantitative estimate of drug-likeness (QED) is 0.795. The van der Waals surface area contributed by atoms with Gasteiger partial charge in [0.25, 0.3) is 11.8 Å². The number of hydrogen-bond donors (Lipinski definition) is 2. The zero-order chi connectivity index (χ0) is 15.8. The van der Waals surface area contributed by atoms with E-state index in [1.54, 1.807) is 24.3 Å². The van der Waals surface area contributed by atoms with Crippen molar-refractivity contribution in [3.8, 4) is 0 Å². The molecule has 2 N–H and O–H groups in total. The van der Waals surface area contributed by atoms with E-state index in [0.717, 1.165) is 25.9 Å². The Morgan fingerprint density at radius 1 is 1.27 bits per heavy atom. The summed E-state index contributed by atoms with van der Waals surface area (Å²) in [4.78, 5) is 26.3. The summed E-state index contributed by atoms with van der Waals surface area (Å²) < 4.78 is 5.39. The first-order chi connectivity index (χ1) is 10.7. The maximum Gasteiger partial charge on any atom is 0.269 e. The van der Waals surface area contributed by atoms with Crippen LogP contribution in [0.2, 0.25) is 0 Å². The minimum Gasteiger partial charge on any atom is -0.378 e. The van der Waals surface area contributed by atoms with Gasteiger partial charge < -0.3 is 4.74 Å². The van der Waals surface area contributed by atoms with E-state index < -0.39 is 0 Å². The second-order valence-corrected chi connectivity index (χ2v) is 5.29. The molecule has 0 bridgehead atoms. The molecule has 1 heterocycles. The SMILES string of the molecule is CCCCN1CCOC[C@H]1C(=O)NNC(=O)c1ccccc1. The number of ether oxygens (including phenoxy) is 1. The van der Waals surface area contributed by atoms with Crippen molar-refractivity contribution in [1.29, 1.82) is 0 Å². The average molecular weight is 305 g/mol. The molecule has 2 rings (SSSR count). The number of rotatable bonds is 5. The number of nitrogens with one attached hydrogen (secondary N) is 2. The highest BCUT2D eigenvalue weighted by Crippen LogP contribution is 2.08. The van der Waals surface area contributed by atoms with Crippen molar-refractivity contribution in [3.63, 3.8) is 0 Å². The zero-order valence-electron chi connectivity index (χ0n) is 12.9. The number of hydrazine groups is 1. The maximum absolute atomic E-state index is 12.3. The van der Waals surface area contributed by atoms with Crippen LogP contribution in [-0.4, -0.2) is 49.1 Å². The van der Waals surface area contributed by atoms with Crippen molar-refractivity contribution in [1.82, 2.24) is 15.8 Å². The molecule has 1 aliphatic rings. The zero-order valence-corrected chi connectivity index (χ0v) is 12.9. The van der Waals surface area contributed by atoms with Crippen LogP contribution in [0, 0.1) is 0 Å². The summed E-state index contributed by atoms with van der Waals surface area (Å²) in [7, 11) is 0. The van der Waals surface area contributed by atoms with Crippen molar-refractivity contribution in [3.05, 3.63) is 35.9 Å². The number of morpholine rings is 1. The van der Waals surface area contributed by atoms with Crippen LogP contribution in [0.5, 0.6) is 0 Å². The Morgan fingerprint density at radius 3 is 2.77 bits per heavy atom. The molecule has 0 unspecified atom stereocenters. The van der Waals surface area contributed by atoms with Crippen LogP contribution >= 0.6 is 0 Å². The molecule has 1 aromatic carbocycles. The summed E-state index contributed by atoms with van der Waals surface area (Å²) >= 11 is 0. The van der Waals surface area contributed by atoms with Gasteiger partial charge in [-0.3, -0.25) is 25.3 Å². The summed E-state index contributed by atoms with van der Waals surface area (Å²) in [5.74, 6) is -0.564. The van der Waals surface area contributed by atoms with Crippen LogP contribution in [-0.2, 0) is 9.53 Å². The Morgan fingerprint density at radius 2 is 2.05 bits per heavy atom. The number of hydrogen-bond acceptors (Lipinski definition) is 4. The first-order valence-corrected chi connectivity index (χ1v) is 7.69. The Hall–Kier alpha value is -1.92. The lowest BCUT2D eigenvalue weighted by molar-refractivity contribution is -0.133. The standard InChI is InChI=1S/C16H23N3O3/c1-2-3-9-19-10-11-22-12-14(19)16(21)18-17-15(20)13-7-5-4-6-8-13/h4-8,14H,2-3,9-12H2,1H3,(H,17,20)(H,18,21)/t14-/m0/s1. The molecule has 22 heavy (non-hydrogen) atoms. The molecular weight excluding hydrogens is 282 g/mol.